The maximum absolute atomic E-state index is 12.1. The Bertz CT molecular complexity index is 863. The summed E-state index contributed by atoms with van der Waals surface area (Å²) in [6.45, 7) is 4.85. The summed E-state index contributed by atoms with van der Waals surface area (Å²) in [6.07, 6.45) is -1.07. The Hall–Kier alpha value is -3.62. The monoisotopic (exact) mass is 387 g/mol. The molecule has 0 aliphatic carbocycles. The van der Waals surface area contributed by atoms with Gasteiger partial charge in [-0.2, -0.15) is 0 Å². The molecular weight excluding hydrogens is 366 g/mol. The highest BCUT2D eigenvalue weighted by atomic mass is 16.6. The van der Waals surface area contributed by atoms with E-state index in [1.807, 2.05) is 32.0 Å². The number of amides is 2. The van der Waals surface area contributed by atoms with Crippen LogP contribution in [-0.4, -0.2) is 29.4 Å². The summed E-state index contributed by atoms with van der Waals surface area (Å²) in [5.74, 6) is -0.663. The van der Waals surface area contributed by atoms with Gasteiger partial charge in [0.15, 0.2) is 18.5 Å². The van der Waals surface area contributed by atoms with Crippen molar-refractivity contribution in [1.29, 1.82) is 0 Å². The molecule has 0 aliphatic rings. The van der Waals surface area contributed by atoms with Gasteiger partial charge >= 0.3 is 5.69 Å². The van der Waals surface area contributed by atoms with Crippen LogP contribution >= 0.6 is 0 Å². The number of aryl methyl sites for hydroxylation is 2. The van der Waals surface area contributed by atoms with Gasteiger partial charge in [0.25, 0.3) is 11.8 Å². The van der Waals surface area contributed by atoms with E-state index in [0.717, 1.165) is 11.1 Å². The molecular formula is C19H21N3O6. The second-order valence-electron chi connectivity index (χ2n) is 6.03. The molecule has 0 unspecified atom stereocenters. The number of para-hydroxylation sites is 3. The number of ether oxygens (including phenoxy) is 2. The smallest absolute Gasteiger partial charge is 0.310 e. The van der Waals surface area contributed by atoms with Crippen LogP contribution in [0.2, 0.25) is 0 Å². The van der Waals surface area contributed by atoms with Crippen LogP contribution in [0.25, 0.3) is 0 Å². The van der Waals surface area contributed by atoms with Gasteiger partial charge in [-0.1, -0.05) is 30.3 Å². The third kappa shape index (κ3) is 5.44. The summed E-state index contributed by atoms with van der Waals surface area (Å²) in [5.41, 5.74) is 5.95. The summed E-state index contributed by atoms with van der Waals surface area (Å²) >= 11 is 0. The second-order valence-corrected chi connectivity index (χ2v) is 6.03. The molecule has 2 aromatic carbocycles. The van der Waals surface area contributed by atoms with Gasteiger partial charge in [0.05, 0.1) is 4.92 Å². The van der Waals surface area contributed by atoms with E-state index in [-0.39, 0.29) is 18.0 Å². The SMILES string of the molecule is Cc1cccc(C)c1OCC(=O)NNC(=O)[C@H](C)Oc1ccccc1[N+](=O)[O-]. The molecule has 0 aliphatic heterocycles. The number of hydrogen-bond donors (Lipinski definition) is 2. The fourth-order valence-corrected chi connectivity index (χ4v) is 2.39. The van der Waals surface area contributed by atoms with Crippen LogP contribution in [0.5, 0.6) is 11.5 Å². The van der Waals surface area contributed by atoms with Gasteiger partial charge in [-0.25, -0.2) is 0 Å². The number of nitro benzene ring substituents is 1. The Morgan fingerprint density at radius 3 is 2.36 bits per heavy atom. The minimum absolute atomic E-state index is 0.0418. The lowest BCUT2D eigenvalue weighted by atomic mass is 10.1. The van der Waals surface area contributed by atoms with E-state index >= 15 is 0 Å². The number of hydrogen-bond acceptors (Lipinski definition) is 6. The zero-order valence-electron chi connectivity index (χ0n) is 15.7. The Labute approximate surface area is 161 Å². The molecule has 2 N–H and O–H groups in total. The average molecular weight is 387 g/mol. The summed E-state index contributed by atoms with van der Waals surface area (Å²) in [4.78, 5) is 34.3. The van der Waals surface area contributed by atoms with Crippen LogP contribution in [0.3, 0.4) is 0 Å². The van der Waals surface area contributed by atoms with Gasteiger partial charge in [-0.05, 0) is 38.0 Å². The molecule has 9 heteroatoms. The molecule has 0 saturated heterocycles. The maximum Gasteiger partial charge on any atom is 0.310 e. The van der Waals surface area contributed by atoms with E-state index in [0.29, 0.717) is 5.75 Å². The fourth-order valence-electron chi connectivity index (χ4n) is 2.39. The number of hydrazine groups is 1. The summed E-state index contributed by atoms with van der Waals surface area (Å²) in [5, 5.41) is 11.0. The molecule has 28 heavy (non-hydrogen) atoms. The van der Waals surface area contributed by atoms with Crippen molar-refractivity contribution >= 4 is 17.5 Å². The van der Waals surface area contributed by atoms with Crippen LogP contribution in [-0.2, 0) is 9.59 Å². The Kier molecular flexibility index (Phi) is 6.91. The van der Waals surface area contributed by atoms with E-state index in [4.69, 9.17) is 9.47 Å². The number of carbonyl (C=O) groups excluding carboxylic acids is 2. The van der Waals surface area contributed by atoms with E-state index in [1.54, 1.807) is 6.07 Å². The summed E-state index contributed by atoms with van der Waals surface area (Å²) in [7, 11) is 0. The zero-order chi connectivity index (χ0) is 20.7. The second kappa shape index (κ2) is 9.36. The molecule has 0 aromatic heterocycles. The van der Waals surface area contributed by atoms with E-state index in [2.05, 4.69) is 10.9 Å². The molecule has 9 nitrogen and oxygen atoms in total. The molecule has 0 saturated carbocycles. The normalized spacial score (nSPS) is 11.2. The zero-order valence-corrected chi connectivity index (χ0v) is 15.7. The van der Waals surface area contributed by atoms with Gasteiger partial charge < -0.3 is 9.47 Å². The highest BCUT2D eigenvalue weighted by Crippen LogP contribution is 2.26. The molecule has 148 valence electrons. The van der Waals surface area contributed by atoms with Crippen molar-refractivity contribution in [3.63, 3.8) is 0 Å². The molecule has 2 amide bonds. The molecule has 1 atom stereocenters. The largest absolute Gasteiger partial charge is 0.483 e. The number of nitrogens with one attached hydrogen (secondary N) is 2. The van der Waals surface area contributed by atoms with Crippen LogP contribution in [0.15, 0.2) is 42.5 Å². The molecule has 2 rings (SSSR count). The van der Waals surface area contributed by atoms with Crippen molar-refractivity contribution in [3.8, 4) is 11.5 Å². The highest BCUT2D eigenvalue weighted by Gasteiger charge is 2.21. The van der Waals surface area contributed by atoms with Gasteiger partial charge in [0.1, 0.15) is 5.75 Å². The third-order valence-electron chi connectivity index (χ3n) is 3.82. The van der Waals surface area contributed by atoms with Gasteiger partial charge in [0, 0.05) is 6.07 Å². The van der Waals surface area contributed by atoms with Crippen molar-refractivity contribution in [3.05, 3.63) is 63.7 Å². The lowest BCUT2D eigenvalue weighted by Crippen LogP contribution is -2.48. The number of benzene rings is 2. The first-order valence-corrected chi connectivity index (χ1v) is 8.47. The lowest BCUT2D eigenvalue weighted by Gasteiger charge is -2.16. The van der Waals surface area contributed by atoms with Crippen LogP contribution < -0.4 is 20.3 Å². The van der Waals surface area contributed by atoms with Crippen LogP contribution in [0, 0.1) is 24.0 Å². The first-order valence-electron chi connectivity index (χ1n) is 8.47. The van der Waals surface area contributed by atoms with Crippen LogP contribution in [0.1, 0.15) is 18.1 Å². The molecule has 0 heterocycles. The molecule has 0 bridgehead atoms. The maximum atomic E-state index is 12.1. The molecule has 0 spiro atoms. The Morgan fingerprint density at radius 2 is 1.71 bits per heavy atom. The van der Waals surface area contributed by atoms with E-state index in [9.17, 15) is 19.7 Å². The Balaban J connectivity index is 1.84. The van der Waals surface area contributed by atoms with Crippen molar-refractivity contribution in [1.82, 2.24) is 10.9 Å². The quantitative estimate of drug-likeness (QED) is 0.555. The average Bonchev–Trinajstić information content (AvgIpc) is 2.65. The van der Waals surface area contributed by atoms with E-state index in [1.165, 1.54) is 25.1 Å². The van der Waals surface area contributed by atoms with Crippen molar-refractivity contribution in [2.24, 2.45) is 0 Å². The number of nitro groups is 1. The summed E-state index contributed by atoms with van der Waals surface area (Å²) < 4.78 is 10.8. The number of rotatable bonds is 7. The predicted molar refractivity (Wildman–Crippen MR) is 101 cm³/mol. The van der Waals surface area contributed by atoms with Crippen molar-refractivity contribution in [2.45, 2.75) is 26.9 Å². The van der Waals surface area contributed by atoms with Crippen LogP contribution in [0.4, 0.5) is 5.69 Å². The van der Waals surface area contributed by atoms with Crippen molar-refractivity contribution < 1.29 is 24.0 Å². The first-order chi connectivity index (χ1) is 13.3. The van der Waals surface area contributed by atoms with Gasteiger partial charge in [-0.3, -0.25) is 30.6 Å². The standard InChI is InChI=1S/C19H21N3O6/c1-12-7-6-8-13(2)18(12)27-11-17(23)20-21-19(24)14(3)28-16-10-5-4-9-15(16)22(25)26/h4-10,14H,11H2,1-3H3,(H,20,23)(H,21,24)/t14-/m0/s1. The predicted octanol–water partition coefficient (Wildman–Crippen LogP) is 2.21. The first kappa shape index (κ1) is 20.7. The van der Waals surface area contributed by atoms with Gasteiger partial charge in [-0.15, -0.1) is 0 Å². The third-order valence-corrected chi connectivity index (χ3v) is 3.82. The minimum atomic E-state index is -1.07. The van der Waals surface area contributed by atoms with Gasteiger partial charge in [0.2, 0.25) is 0 Å². The fraction of sp³-hybridized carbons (Fsp3) is 0.263. The highest BCUT2D eigenvalue weighted by molar-refractivity contribution is 5.85. The number of nitrogens with zero attached hydrogens (tertiary/aromatic N) is 1. The number of carbonyl (C=O) groups is 2. The topological polar surface area (TPSA) is 120 Å². The minimum Gasteiger partial charge on any atom is -0.483 e. The lowest BCUT2D eigenvalue weighted by molar-refractivity contribution is -0.386. The Morgan fingerprint density at radius 1 is 1.07 bits per heavy atom. The molecule has 0 radical (unpaired) electrons. The van der Waals surface area contributed by atoms with Crippen molar-refractivity contribution in [2.75, 3.05) is 6.61 Å². The van der Waals surface area contributed by atoms with E-state index < -0.39 is 22.8 Å². The molecule has 0 fully saturated rings. The molecule has 2 aromatic rings. The summed E-state index contributed by atoms with van der Waals surface area (Å²) in [6, 6.07) is 11.3.